The summed E-state index contributed by atoms with van der Waals surface area (Å²) in [5, 5.41) is 7.76. The summed E-state index contributed by atoms with van der Waals surface area (Å²) in [7, 11) is 1.88. The molecule has 0 bridgehead atoms. The maximum absolute atomic E-state index is 13.2. The van der Waals surface area contributed by atoms with Crippen molar-refractivity contribution in [2.24, 2.45) is 7.05 Å². The summed E-state index contributed by atoms with van der Waals surface area (Å²) >= 11 is 6.50. The molecule has 1 N–H and O–H groups in total. The molecule has 1 unspecified atom stereocenters. The summed E-state index contributed by atoms with van der Waals surface area (Å²) in [6.07, 6.45) is 6.57. The number of hydrogen-bond donors (Lipinski definition) is 1. The number of nitrogens with one attached hydrogen (secondary N) is 1. The molecule has 0 radical (unpaired) electrons. The van der Waals surface area contributed by atoms with Gasteiger partial charge in [-0.3, -0.25) is 4.79 Å². The Morgan fingerprint density at radius 1 is 1.16 bits per heavy atom. The molecule has 0 spiro atoms. The summed E-state index contributed by atoms with van der Waals surface area (Å²) < 4.78 is 16.6. The number of rotatable bonds is 6. The molecule has 0 saturated carbocycles. The third kappa shape index (κ3) is 4.48. The molecule has 162 valence electrons. The fourth-order valence-electron chi connectivity index (χ4n) is 3.40. The summed E-state index contributed by atoms with van der Waals surface area (Å²) in [4.78, 5) is 17.2. The lowest BCUT2D eigenvalue weighted by atomic mass is 10.1. The van der Waals surface area contributed by atoms with E-state index in [0.29, 0.717) is 22.1 Å². The maximum atomic E-state index is 13.2. The molecule has 0 fully saturated rings. The lowest BCUT2D eigenvalue weighted by molar-refractivity contribution is -0.117. The first-order chi connectivity index (χ1) is 15.4. The van der Waals surface area contributed by atoms with Crippen molar-refractivity contribution in [1.29, 1.82) is 0 Å². The SMILES string of the molecule is Cc1nn(-c2ccc(F)cc2)c(Cl)c1/C=C/C(=O)NC(c1ccccc1)c1nccn1C. The van der Waals surface area contributed by atoms with Gasteiger partial charge in [0.05, 0.1) is 11.4 Å². The fraction of sp³-hybridized carbons (Fsp3) is 0.125. The number of aromatic nitrogens is 4. The van der Waals surface area contributed by atoms with Crippen LogP contribution in [0.15, 0.2) is 73.1 Å². The van der Waals surface area contributed by atoms with Crippen molar-refractivity contribution in [3.05, 3.63) is 107 Å². The lowest BCUT2D eigenvalue weighted by Crippen LogP contribution is -2.29. The monoisotopic (exact) mass is 449 g/mol. The van der Waals surface area contributed by atoms with E-state index in [4.69, 9.17) is 11.6 Å². The zero-order chi connectivity index (χ0) is 22.7. The topological polar surface area (TPSA) is 64.7 Å². The first-order valence-corrected chi connectivity index (χ1v) is 10.3. The number of aryl methyl sites for hydroxylation is 2. The van der Waals surface area contributed by atoms with E-state index in [2.05, 4.69) is 15.4 Å². The van der Waals surface area contributed by atoms with Gasteiger partial charge in [0.2, 0.25) is 5.91 Å². The smallest absolute Gasteiger partial charge is 0.244 e. The molecule has 32 heavy (non-hydrogen) atoms. The standard InChI is InChI=1S/C24H21ClFN5O/c1-16-20(23(25)31(29-16)19-10-8-18(26)9-11-19)12-13-21(32)28-22(17-6-4-3-5-7-17)24-27-14-15-30(24)2/h3-15,22H,1-2H3,(H,28,32)/b13-12+. The van der Waals surface area contributed by atoms with Crippen molar-refractivity contribution in [3.8, 4) is 5.69 Å². The van der Waals surface area contributed by atoms with Crippen LogP contribution in [0.4, 0.5) is 4.39 Å². The van der Waals surface area contributed by atoms with E-state index < -0.39 is 6.04 Å². The second kappa shape index (κ2) is 9.20. The molecule has 4 aromatic rings. The Morgan fingerprint density at radius 3 is 2.53 bits per heavy atom. The second-order valence-corrected chi connectivity index (χ2v) is 7.62. The average molecular weight is 450 g/mol. The predicted octanol–water partition coefficient (Wildman–Crippen LogP) is 4.63. The molecule has 1 amide bonds. The number of imidazole rings is 1. The van der Waals surface area contributed by atoms with Crippen molar-refractivity contribution in [1.82, 2.24) is 24.6 Å². The Balaban J connectivity index is 1.57. The van der Waals surface area contributed by atoms with E-state index in [9.17, 15) is 9.18 Å². The van der Waals surface area contributed by atoms with Crippen molar-refractivity contribution in [3.63, 3.8) is 0 Å². The zero-order valence-electron chi connectivity index (χ0n) is 17.5. The van der Waals surface area contributed by atoms with Crippen LogP contribution in [0.2, 0.25) is 5.15 Å². The molecule has 2 aromatic heterocycles. The highest BCUT2D eigenvalue weighted by molar-refractivity contribution is 6.31. The third-order valence-corrected chi connectivity index (χ3v) is 5.42. The van der Waals surface area contributed by atoms with Crippen LogP contribution >= 0.6 is 11.6 Å². The Kier molecular flexibility index (Phi) is 6.18. The normalized spacial score (nSPS) is 12.2. The first-order valence-electron chi connectivity index (χ1n) is 9.96. The molecule has 6 nitrogen and oxygen atoms in total. The van der Waals surface area contributed by atoms with Gasteiger partial charge in [-0.1, -0.05) is 41.9 Å². The second-order valence-electron chi connectivity index (χ2n) is 7.26. The Bertz CT molecular complexity index is 1260. The van der Waals surface area contributed by atoms with Crippen LogP contribution in [0.3, 0.4) is 0 Å². The molecule has 0 saturated heterocycles. The summed E-state index contributed by atoms with van der Waals surface area (Å²) in [5.74, 6) is 0.0781. The largest absolute Gasteiger partial charge is 0.339 e. The van der Waals surface area contributed by atoms with Gasteiger partial charge in [0.25, 0.3) is 0 Å². The van der Waals surface area contributed by atoms with Crippen LogP contribution < -0.4 is 5.32 Å². The van der Waals surface area contributed by atoms with E-state index in [-0.39, 0.29) is 11.7 Å². The van der Waals surface area contributed by atoms with E-state index >= 15 is 0 Å². The molecular formula is C24H21ClFN5O. The predicted molar refractivity (Wildman–Crippen MR) is 122 cm³/mol. The van der Waals surface area contributed by atoms with Gasteiger partial charge in [-0.15, -0.1) is 0 Å². The van der Waals surface area contributed by atoms with Gasteiger partial charge >= 0.3 is 0 Å². The Morgan fingerprint density at radius 2 is 1.88 bits per heavy atom. The number of nitrogens with zero attached hydrogens (tertiary/aromatic N) is 4. The van der Waals surface area contributed by atoms with E-state index in [0.717, 1.165) is 11.4 Å². The van der Waals surface area contributed by atoms with Crippen molar-refractivity contribution in [2.45, 2.75) is 13.0 Å². The van der Waals surface area contributed by atoms with Crippen molar-refractivity contribution in [2.75, 3.05) is 0 Å². The summed E-state index contributed by atoms with van der Waals surface area (Å²) in [6, 6.07) is 15.1. The lowest BCUT2D eigenvalue weighted by Gasteiger charge is -2.18. The average Bonchev–Trinajstić information content (AvgIpc) is 3.34. The van der Waals surface area contributed by atoms with Gasteiger partial charge in [0, 0.05) is 31.1 Å². The maximum Gasteiger partial charge on any atom is 0.244 e. The molecule has 2 aromatic carbocycles. The van der Waals surface area contributed by atoms with Crippen LogP contribution in [-0.4, -0.2) is 25.2 Å². The highest BCUT2D eigenvalue weighted by Crippen LogP contribution is 2.25. The highest BCUT2D eigenvalue weighted by atomic mass is 35.5. The number of hydrogen-bond acceptors (Lipinski definition) is 3. The summed E-state index contributed by atoms with van der Waals surface area (Å²) in [5.41, 5.74) is 2.80. The minimum atomic E-state index is -0.410. The number of benzene rings is 2. The van der Waals surface area contributed by atoms with Gasteiger partial charge < -0.3 is 9.88 Å². The Labute approximate surface area is 190 Å². The molecule has 1 atom stereocenters. The van der Waals surface area contributed by atoms with E-state index in [1.54, 1.807) is 31.3 Å². The van der Waals surface area contributed by atoms with Crippen LogP contribution in [-0.2, 0) is 11.8 Å². The number of halogens is 2. The van der Waals surface area contributed by atoms with Gasteiger partial charge in [0.1, 0.15) is 22.8 Å². The van der Waals surface area contributed by atoms with Gasteiger partial charge in [-0.2, -0.15) is 5.10 Å². The van der Waals surface area contributed by atoms with E-state index in [1.807, 2.05) is 48.1 Å². The number of carbonyl (C=O) groups excluding carboxylic acids is 1. The molecule has 0 aliphatic rings. The third-order valence-electron chi connectivity index (χ3n) is 5.06. The van der Waals surface area contributed by atoms with Gasteiger partial charge in [-0.25, -0.2) is 14.1 Å². The van der Waals surface area contributed by atoms with Crippen LogP contribution in [0.25, 0.3) is 11.8 Å². The number of amides is 1. The van der Waals surface area contributed by atoms with Crippen LogP contribution in [0.5, 0.6) is 0 Å². The van der Waals surface area contributed by atoms with Crippen LogP contribution in [0, 0.1) is 12.7 Å². The fourth-order valence-corrected chi connectivity index (χ4v) is 3.74. The minimum Gasteiger partial charge on any atom is -0.339 e. The minimum absolute atomic E-state index is 0.299. The molecule has 8 heteroatoms. The van der Waals surface area contributed by atoms with E-state index in [1.165, 1.54) is 22.9 Å². The van der Waals surface area contributed by atoms with Crippen LogP contribution in [0.1, 0.15) is 28.7 Å². The van der Waals surface area contributed by atoms with Gasteiger partial charge in [0.15, 0.2) is 0 Å². The number of carbonyl (C=O) groups is 1. The van der Waals surface area contributed by atoms with Gasteiger partial charge in [-0.05, 0) is 42.8 Å². The molecular weight excluding hydrogens is 429 g/mol. The van der Waals surface area contributed by atoms with Crippen molar-refractivity contribution < 1.29 is 9.18 Å². The zero-order valence-corrected chi connectivity index (χ0v) is 18.3. The summed E-state index contributed by atoms with van der Waals surface area (Å²) in [6.45, 7) is 1.80. The highest BCUT2D eigenvalue weighted by Gasteiger charge is 2.20. The molecule has 2 heterocycles. The molecule has 0 aliphatic carbocycles. The first kappa shape index (κ1) is 21.5. The quantitative estimate of drug-likeness (QED) is 0.437. The molecule has 4 rings (SSSR count). The Hall–Kier alpha value is -3.71. The molecule has 0 aliphatic heterocycles. The van der Waals surface area contributed by atoms with Crippen molar-refractivity contribution >= 4 is 23.6 Å².